The third-order valence-corrected chi connectivity index (χ3v) is 2.90. The summed E-state index contributed by atoms with van der Waals surface area (Å²) < 4.78 is 0. The second kappa shape index (κ2) is 6.69. The van der Waals surface area contributed by atoms with Gasteiger partial charge in [0.15, 0.2) is 5.84 Å². The van der Waals surface area contributed by atoms with Gasteiger partial charge in [0.05, 0.1) is 17.3 Å². The smallest absolute Gasteiger partial charge is 0.201 e. The Labute approximate surface area is 127 Å². The van der Waals surface area contributed by atoms with Crippen LogP contribution in [0.5, 0.6) is 0 Å². The van der Waals surface area contributed by atoms with Crippen LogP contribution in [0.4, 0.5) is 5.69 Å². The number of benzene rings is 2. The number of amidine groups is 1. The number of nitriles is 2. The lowest BCUT2D eigenvalue weighted by Crippen LogP contribution is -2.21. The third kappa shape index (κ3) is 3.27. The summed E-state index contributed by atoms with van der Waals surface area (Å²) in [6, 6.07) is 18.3. The lowest BCUT2D eigenvalue weighted by Gasteiger charge is -2.09. The molecule has 0 heterocycles. The molecule has 0 aliphatic carbocycles. The predicted molar refractivity (Wildman–Crippen MR) is 85.2 cm³/mol. The Morgan fingerprint density at radius 1 is 1.09 bits per heavy atom. The zero-order valence-electron chi connectivity index (χ0n) is 11.5. The van der Waals surface area contributed by atoms with Crippen LogP contribution < -0.4 is 11.2 Å². The number of hydrogen-bond donors (Lipinski definition) is 3. The van der Waals surface area contributed by atoms with Gasteiger partial charge >= 0.3 is 0 Å². The predicted octanol–water partition coefficient (Wildman–Crippen LogP) is 2.45. The van der Waals surface area contributed by atoms with Gasteiger partial charge in [-0.3, -0.25) is 10.8 Å². The van der Waals surface area contributed by atoms with Crippen molar-refractivity contribution >= 4 is 17.2 Å². The van der Waals surface area contributed by atoms with Crippen molar-refractivity contribution in [3.63, 3.8) is 0 Å². The maximum atomic E-state index is 8.85. The van der Waals surface area contributed by atoms with Crippen molar-refractivity contribution in [2.24, 2.45) is 10.8 Å². The molecule has 0 radical (unpaired) electrons. The first-order valence-electron chi connectivity index (χ1n) is 6.33. The number of nitrogens with two attached hydrogens (primary N) is 1. The molecule has 0 saturated heterocycles. The molecular formula is C16H12N6. The summed E-state index contributed by atoms with van der Waals surface area (Å²) in [7, 11) is 0. The van der Waals surface area contributed by atoms with Gasteiger partial charge in [-0.25, -0.2) is 0 Å². The molecule has 106 valence electrons. The number of hydrogen-bond acceptors (Lipinski definition) is 5. The van der Waals surface area contributed by atoms with Crippen molar-refractivity contribution in [3.8, 4) is 23.3 Å². The second-order valence-corrected chi connectivity index (χ2v) is 4.33. The van der Waals surface area contributed by atoms with Gasteiger partial charge in [-0.1, -0.05) is 30.3 Å². The highest BCUT2D eigenvalue weighted by atomic mass is 15.3. The fourth-order valence-electron chi connectivity index (χ4n) is 1.82. The first kappa shape index (κ1) is 14.8. The highest BCUT2D eigenvalue weighted by molar-refractivity contribution is 6.45. The van der Waals surface area contributed by atoms with E-state index in [1.54, 1.807) is 24.3 Å². The van der Waals surface area contributed by atoms with Gasteiger partial charge in [0, 0.05) is 5.56 Å². The Bertz CT molecular complexity index is 806. The van der Waals surface area contributed by atoms with Crippen molar-refractivity contribution in [2.75, 3.05) is 5.43 Å². The Hall–Kier alpha value is -3.64. The van der Waals surface area contributed by atoms with Crippen LogP contribution in [0.15, 0.2) is 53.6 Å². The molecular weight excluding hydrogens is 276 g/mol. The maximum absolute atomic E-state index is 8.85. The van der Waals surface area contributed by atoms with E-state index in [-0.39, 0.29) is 5.71 Å². The molecule has 2 rings (SSSR count). The normalized spacial score (nSPS) is 10.4. The molecule has 6 heteroatoms. The van der Waals surface area contributed by atoms with E-state index in [1.807, 2.05) is 30.3 Å². The largest absolute Gasteiger partial charge is 0.382 e. The molecule has 0 fully saturated rings. The van der Waals surface area contributed by atoms with E-state index >= 15 is 0 Å². The zero-order chi connectivity index (χ0) is 15.9. The van der Waals surface area contributed by atoms with E-state index in [0.717, 1.165) is 11.1 Å². The minimum atomic E-state index is -0.397. The minimum absolute atomic E-state index is 0.186. The van der Waals surface area contributed by atoms with E-state index in [9.17, 15) is 0 Å². The summed E-state index contributed by atoms with van der Waals surface area (Å²) in [6.07, 6.45) is 0. The lowest BCUT2D eigenvalue weighted by molar-refractivity contribution is 1.33. The lowest BCUT2D eigenvalue weighted by atomic mass is 10.0. The molecule has 4 N–H and O–H groups in total. The number of rotatable bonds is 4. The van der Waals surface area contributed by atoms with Crippen molar-refractivity contribution < 1.29 is 0 Å². The van der Waals surface area contributed by atoms with Crippen LogP contribution in [0.1, 0.15) is 5.56 Å². The summed E-state index contributed by atoms with van der Waals surface area (Å²) in [4.78, 5) is 0. The fraction of sp³-hybridized carbons (Fsp3) is 0. The van der Waals surface area contributed by atoms with Crippen LogP contribution >= 0.6 is 0 Å². The number of nitrogens with zero attached hydrogens (tertiary/aromatic N) is 3. The molecule has 22 heavy (non-hydrogen) atoms. The molecule has 2 aromatic carbocycles. The van der Waals surface area contributed by atoms with Crippen LogP contribution in [-0.2, 0) is 0 Å². The molecule has 0 atom stereocenters. The standard InChI is InChI=1S/C16H12N6/c17-9-11-5-7-12(8-6-11)13-3-1-2-4-14(13)21-22-15(10-18)16(19)20/h1-8,21H,(H3,19,20)/b22-15+. The molecule has 0 saturated carbocycles. The molecule has 0 spiro atoms. The number of para-hydroxylation sites is 1. The Balaban J connectivity index is 2.37. The van der Waals surface area contributed by atoms with Gasteiger partial charge in [0.1, 0.15) is 6.07 Å². The van der Waals surface area contributed by atoms with Crippen LogP contribution in [0, 0.1) is 28.1 Å². The molecule has 0 aliphatic rings. The van der Waals surface area contributed by atoms with Gasteiger partial charge in [0.2, 0.25) is 5.71 Å². The Morgan fingerprint density at radius 2 is 1.77 bits per heavy atom. The molecule has 0 bridgehead atoms. The van der Waals surface area contributed by atoms with E-state index in [4.69, 9.17) is 21.7 Å². The SMILES string of the molecule is N#C/C(=N\Nc1ccccc1-c1ccc(C#N)cc1)C(=N)N. The van der Waals surface area contributed by atoms with Crippen molar-refractivity contribution in [3.05, 3.63) is 54.1 Å². The average Bonchev–Trinajstić information content (AvgIpc) is 2.55. The molecule has 2 aromatic rings. The average molecular weight is 288 g/mol. The second-order valence-electron chi connectivity index (χ2n) is 4.33. The molecule has 6 nitrogen and oxygen atoms in total. The van der Waals surface area contributed by atoms with Gasteiger partial charge in [-0.2, -0.15) is 15.6 Å². The number of anilines is 1. The summed E-state index contributed by atoms with van der Waals surface area (Å²) in [6.45, 7) is 0. The minimum Gasteiger partial charge on any atom is -0.382 e. The van der Waals surface area contributed by atoms with E-state index in [1.165, 1.54) is 0 Å². The zero-order valence-corrected chi connectivity index (χ0v) is 11.5. The summed E-state index contributed by atoms with van der Waals surface area (Å²) in [5, 5.41) is 28.8. The van der Waals surface area contributed by atoms with Crippen LogP contribution in [0.2, 0.25) is 0 Å². The quantitative estimate of drug-likeness (QED) is 0.454. The van der Waals surface area contributed by atoms with Gasteiger partial charge in [-0.15, -0.1) is 0 Å². The summed E-state index contributed by atoms with van der Waals surface area (Å²) in [5.74, 6) is -0.397. The van der Waals surface area contributed by atoms with Gasteiger partial charge < -0.3 is 5.73 Å². The highest BCUT2D eigenvalue weighted by Gasteiger charge is 2.06. The monoisotopic (exact) mass is 288 g/mol. The molecule has 0 unspecified atom stereocenters. The number of hydrazone groups is 1. The Kier molecular flexibility index (Phi) is 4.49. The van der Waals surface area contributed by atoms with E-state index in [0.29, 0.717) is 11.3 Å². The van der Waals surface area contributed by atoms with E-state index < -0.39 is 5.84 Å². The van der Waals surface area contributed by atoms with Crippen LogP contribution in [0.25, 0.3) is 11.1 Å². The fourth-order valence-corrected chi connectivity index (χ4v) is 1.82. The molecule has 0 aliphatic heterocycles. The maximum Gasteiger partial charge on any atom is 0.201 e. The van der Waals surface area contributed by atoms with Crippen molar-refractivity contribution in [1.29, 1.82) is 15.9 Å². The van der Waals surface area contributed by atoms with Crippen molar-refractivity contribution in [2.45, 2.75) is 0 Å². The first-order chi connectivity index (χ1) is 10.7. The number of nitrogens with one attached hydrogen (secondary N) is 2. The summed E-state index contributed by atoms with van der Waals surface area (Å²) in [5.41, 5.74) is 10.8. The Morgan fingerprint density at radius 3 is 2.36 bits per heavy atom. The summed E-state index contributed by atoms with van der Waals surface area (Å²) >= 11 is 0. The molecule has 0 aromatic heterocycles. The van der Waals surface area contributed by atoms with E-state index in [2.05, 4.69) is 16.6 Å². The van der Waals surface area contributed by atoms with Crippen LogP contribution in [0.3, 0.4) is 0 Å². The van der Waals surface area contributed by atoms with Gasteiger partial charge in [-0.05, 0) is 23.8 Å². The van der Waals surface area contributed by atoms with Crippen molar-refractivity contribution in [1.82, 2.24) is 0 Å². The molecule has 0 amide bonds. The van der Waals surface area contributed by atoms with Crippen LogP contribution in [-0.4, -0.2) is 11.5 Å². The van der Waals surface area contributed by atoms with Gasteiger partial charge in [0.25, 0.3) is 0 Å². The third-order valence-electron chi connectivity index (χ3n) is 2.90. The first-order valence-corrected chi connectivity index (χ1v) is 6.33. The topological polar surface area (TPSA) is 122 Å². The highest BCUT2D eigenvalue weighted by Crippen LogP contribution is 2.28.